The van der Waals surface area contributed by atoms with Gasteiger partial charge in [0, 0.05) is 28.8 Å². The lowest BCUT2D eigenvalue weighted by Crippen LogP contribution is -2.39. The fourth-order valence-corrected chi connectivity index (χ4v) is 3.74. The van der Waals surface area contributed by atoms with E-state index in [2.05, 4.69) is 51.8 Å². The second-order valence-corrected chi connectivity index (χ2v) is 7.50. The number of morpholine rings is 1. The summed E-state index contributed by atoms with van der Waals surface area (Å²) in [6.07, 6.45) is 0.711. The molecule has 1 saturated heterocycles. The van der Waals surface area contributed by atoms with Gasteiger partial charge >= 0.3 is 0 Å². The van der Waals surface area contributed by atoms with Crippen LogP contribution >= 0.6 is 22.6 Å². The summed E-state index contributed by atoms with van der Waals surface area (Å²) < 4.78 is 17.5. The molecule has 0 aliphatic carbocycles. The minimum absolute atomic E-state index is 0.187. The molecule has 0 spiro atoms. The Kier molecular flexibility index (Phi) is 5.00. The zero-order valence-corrected chi connectivity index (χ0v) is 15.9. The van der Waals surface area contributed by atoms with Crippen LogP contribution in [-0.4, -0.2) is 43.1 Å². The van der Waals surface area contributed by atoms with Gasteiger partial charge in [-0.1, -0.05) is 12.1 Å². The Morgan fingerprint density at radius 3 is 2.44 bits per heavy atom. The van der Waals surface area contributed by atoms with Crippen molar-refractivity contribution in [2.75, 3.05) is 33.1 Å². The van der Waals surface area contributed by atoms with Gasteiger partial charge in [0.15, 0.2) is 11.5 Å². The third-order valence-corrected chi connectivity index (χ3v) is 5.45. The Labute approximate surface area is 160 Å². The SMILES string of the molecule is Oc1cc2c(cc1CC(c1ccc(I)cc1)N1CCOCC1)OCO2. The molecule has 5 nitrogen and oxygen atoms in total. The average Bonchev–Trinajstić information content (AvgIpc) is 3.08. The van der Waals surface area contributed by atoms with Crippen LogP contribution in [0.3, 0.4) is 0 Å². The van der Waals surface area contributed by atoms with E-state index < -0.39 is 0 Å². The predicted octanol–water partition coefficient (Wildman–Crippen LogP) is 3.34. The van der Waals surface area contributed by atoms with Gasteiger partial charge in [-0.25, -0.2) is 0 Å². The van der Waals surface area contributed by atoms with Crippen LogP contribution in [0.5, 0.6) is 17.2 Å². The molecular formula is C19H20INO4. The van der Waals surface area contributed by atoms with Crippen LogP contribution < -0.4 is 9.47 Å². The number of phenolic OH excluding ortho intramolecular Hbond substituents is 1. The molecular weight excluding hydrogens is 433 g/mol. The van der Waals surface area contributed by atoms with E-state index in [-0.39, 0.29) is 18.6 Å². The van der Waals surface area contributed by atoms with Gasteiger partial charge in [-0.3, -0.25) is 4.90 Å². The number of hydrogen-bond donors (Lipinski definition) is 1. The Morgan fingerprint density at radius 2 is 1.72 bits per heavy atom. The second-order valence-electron chi connectivity index (χ2n) is 6.25. The quantitative estimate of drug-likeness (QED) is 0.720. The standard InChI is InChI=1S/C19H20INO4/c20-15-3-1-13(2-4-15)16(21-5-7-23-8-6-21)9-14-10-18-19(11-17(14)22)25-12-24-18/h1-4,10-11,16,22H,5-9,12H2. The van der Waals surface area contributed by atoms with E-state index >= 15 is 0 Å². The van der Waals surface area contributed by atoms with Crippen molar-refractivity contribution >= 4 is 22.6 Å². The first kappa shape index (κ1) is 16.9. The molecule has 2 aromatic rings. The monoisotopic (exact) mass is 453 g/mol. The maximum absolute atomic E-state index is 10.4. The lowest BCUT2D eigenvalue weighted by Gasteiger charge is -2.35. The van der Waals surface area contributed by atoms with Gasteiger partial charge in [0.2, 0.25) is 6.79 Å². The van der Waals surface area contributed by atoms with Crippen LogP contribution in [0.2, 0.25) is 0 Å². The van der Waals surface area contributed by atoms with E-state index in [0.717, 1.165) is 31.9 Å². The Morgan fingerprint density at radius 1 is 1.04 bits per heavy atom. The summed E-state index contributed by atoms with van der Waals surface area (Å²) in [5.41, 5.74) is 2.12. The van der Waals surface area contributed by atoms with Crippen molar-refractivity contribution in [1.82, 2.24) is 4.90 Å². The molecule has 6 heteroatoms. The van der Waals surface area contributed by atoms with Crippen molar-refractivity contribution in [3.63, 3.8) is 0 Å². The number of fused-ring (bicyclic) bond motifs is 1. The molecule has 2 heterocycles. The Bertz CT molecular complexity index is 744. The Hall–Kier alpha value is -1.51. The van der Waals surface area contributed by atoms with Crippen molar-refractivity contribution in [3.8, 4) is 17.2 Å². The number of benzene rings is 2. The summed E-state index contributed by atoms with van der Waals surface area (Å²) in [5, 5.41) is 10.4. The smallest absolute Gasteiger partial charge is 0.231 e. The fourth-order valence-electron chi connectivity index (χ4n) is 3.38. The van der Waals surface area contributed by atoms with E-state index in [0.29, 0.717) is 17.9 Å². The molecule has 0 amide bonds. The lowest BCUT2D eigenvalue weighted by molar-refractivity contribution is 0.0160. The molecule has 1 unspecified atom stereocenters. The molecule has 1 N–H and O–H groups in total. The van der Waals surface area contributed by atoms with Gasteiger partial charge in [-0.05, 0) is 58.3 Å². The van der Waals surface area contributed by atoms with Crippen LogP contribution in [0.4, 0.5) is 0 Å². The minimum atomic E-state index is 0.187. The molecule has 2 aliphatic heterocycles. The normalized spacial score (nSPS) is 18.3. The van der Waals surface area contributed by atoms with Gasteiger partial charge in [-0.15, -0.1) is 0 Å². The first-order valence-corrected chi connectivity index (χ1v) is 9.47. The van der Waals surface area contributed by atoms with Gasteiger partial charge in [0.05, 0.1) is 13.2 Å². The molecule has 0 aromatic heterocycles. The number of aromatic hydroxyl groups is 1. The number of nitrogens with zero attached hydrogens (tertiary/aromatic N) is 1. The highest BCUT2D eigenvalue weighted by Gasteiger charge is 2.25. The van der Waals surface area contributed by atoms with Crippen LogP contribution in [-0.2, 0) is 11.2 Å². The molecule has 1 atom stereocenters. The molecule has 0 saturated carbocycles. The summed E-state index contributed by atoms with van der Waals surface area (Å²) in [6, 6.07) is 12.3. The summed E-state index contributed by atoms with van der Waals surface area (Å²) in [4.78, 5) is 2.43. The molecule has 1 fully saturated rings. The maximum atomic E-state index is 10.4. The van der Waals surface area contributed by atoms with E-state index in [1.54, 1.807) is 6.07 Å². The van der Waals surface area contributed by atoms with E-state index in [1.165, 1.54) is 9.13 Å². The highest BCUT2D eigenvalue weighted by atomic mass is 127. The summed E-state index contributed by atoms with van der Waals surface area (Å²) in [5.74, 6) is 1.57. The topological polar surface area (TPSA) is 51.2 Å². The second kappa shape index (κ2) is 7.39. The van der Waals surface area contributed by atoms with Crippen LogP contribution in [0.25, 0.3) is 0 Å². The molecule has 0 bridgehead atoms. The lowest BCUT2D eigenvalue weighted by atomic mass is 9.96. The van der Waals surface area contributed by atoms with Crippen LogP contribution in [0.15, 0.2) is 36.4 Å². The third-order valence-electron chi connectivity index (χ3n) is 4.73. The average molecular weight is 453 g/mol. The molecule has 132 valence electrons. The zero-order valence-electron chi connectivity index (χ0n) is 13.8. The van der Waals surface area contributed by atoms with E-state index in [1.807, 2.05) is 6.07 Å². The first-order valence-electron chi connectivity index (χ1n) is 8.39. The van der Waals surface area contributed by atoms with Crippen molar-refractivity contribution in [2.24, 2.45) is 0 Å². The third kappa shape index (κ3) is 3.70. The van der Waals surface area contributed by atoms with E-state index in [9.17, 15) is 5.11 Å². The van der Waals surface area contributed by atoms with Crippen LogP contribution in [0, 0.1) is 3.57 Å². The first-order chi connectivity index (χ1) is 12.2. The Balaban J connectivity index is 1.65. The number of rotatable bonds is 4. The molecule has 4 rings (SSSR count). The minimum Gasteiger partial charge on any atom is -0.508 e. The zero-order chi connectivity index (χ0) is 17.2. The summed E-state index contributed by atoms with van der Waals surface area (Å²) in [6.45, 7) is 3.48. The molecule has 0 radical (unpaired) electrons. The number of phenols is 1. The molecule has 25 heavy (non-hydrogen) atoms. The van der Waals surface area contributed by atoms with Crippen LogP contribution in [0.1, 0.15) is 17.2 Å². The van der Waals surface area contributed by atoms with Gasteiger partial charge in [-0.2, -0.15) is 0 Å². The summed E-state index contributed by atoms with van der Waals surface area (Å²) in [7, 11) is 0. The number of hydrogen-bond acceptors (Lipinski definition) is 5. The number of halogens is 1. The number of ether oxygens (including phenoxy) is 3. The summed E-state index contributed by atoms with van der Waals surface area (Å²) >= 11 is 2.32. The predicted molar refractivity (Wildman–Crippen MR) is 102 cm³/mol. The maximum Gasteiger partial charge on any atom is 0.231 e. The highest BCUT2D eigenvalue weighted by Crippen LogP contribution is 2.40. The molecule has 2 aromatic carbocycles. The molecule has 2 aliphatic rings. The van der Waals surface area contributed by atoms with Crippen molar-refractivity contribution in [3.05, 3.63) is 51.1 Å². The van der Waals surface area contributed by atoms with Crippen molar-refractivity contribution in [2.45, 2.75) is 12.5 Å². The van der Waals surface area contributed by atoms with E-state index in [4.69, 9.17) is 14.2 Å². The fraction of sp³-hybridized carbons (Fsp3) is 0.368. The van der Waals surface area contributed by atoms with Gasteiger partial charge in [0.25, 0.3) is 0 Å². The van der Waals surface area contributed by atoms with Gasteiger partial charge in [0.1, 0.15) is 5.75 Å². The van der Waals surface area contributed by atoms with Gasteiger partial charge < -0.3 is 19.3 Å². The van der Waals surface area contributed by atoms with Crippen molar-refractivity contribution < 1.29 is 19.3 Å². The highest BCUT2D eigenvalue weighted by molar-refractivity contribution is 14.1. The van der Waals surface area contributed by atoms with Crippen molar-refractivity contribution in [1.29, 1.82) is 0 Å². The largest absolute Gasteiger partial charge is 0.508 e.